The number of carbonyl (C=O) groups is 1. The van der Waals surface area contributed by atoms with Crippen molar-refractivity contribution in [2.75, 3.05) is 30.8 Å². The van der Waals surface area contributed by atoms with E-state index in [1.54, 1.807) is 0 Å². The molecule has 1 aliphatic carbocycles. The summed E-state index contributed by atoms with van der Waals surface area (Å²) in [5, 5.41) is 12.4. The second kappa shape index (κ2) is 9.54. The van der Waals surface area contributed by atoms with Gasteiger partial charge in [-0.3, -0.25) is 4.79 Å². The summed E-state index contributed by atoms with van der Waals surface area (Å²) in [5.74, 6) is 0.565. The molecule has 0 bridgehead atoms. The van der Waals surface area contributed by atoms with E-state index in [0.717, 1.165) is 54.9 Å². The van der Waals surface area contributed by atoms with Crippen molar-refractivity contribution in [1.82, 2.24) is 15.1 Å². The topological polar surface area (TPSA) is 67.4 Å². The van der Waals surface area contributed by atoms with E-state index in [9.17, 15) is 4.79 Å². The fraction of sp³-hybridized carbons (Fsp3) is 0.706. The van der Waals surface area contributed by atoms with Crippen LogP contribution in [0.5, 0.6) is 0 Å². The second-order valence-corrected chi connectivity index (χ2v) is 8.46. The van der Waals surface area contributed by atoms with E-state index in [1.807, 2.05) is 11.8 Å². The number of thioether (sulfide) groups is 1. The Labute approximate surface area is 157 Å². The number of hydrogen-bond donors (Lipinski definition) is 1. The maximum atomic E-state index is 12.5. The van der Waals surface area contributed by atoms with Crippen LogP contribution in [0.15, 0.2) is 16.1 Å². The van der Waals surface area contributed by atoms with Gasteiger partial charge < -0.3 is 15.0 Å². The molecule has 0 radical (unpaired) electrons. The van der Waals surface area contributed by atoms with Crippen LogP contribution in [0.4, 0.5) is 5.13 Å². The van der Waals surface area contributed by atoms with Crippen molar-refractivity contribution in [2.24, 2.45) is 0 Å². The molecular formula is C17H26N4O2S2. The van der Waals surface area contributed by atoms with Crippen LogP contribution in [0.25, 0.3) is 0 Å². The van der Waals surface area contributed by atoms with Crippen LogP contribution in [-0.4, -0.2) is 52.6 Å². The summed E-state index contributed by atoms with van der Waals surface area (Å²) in [7, 11) is 0. The zero-order valence-electron chi connectivity index (χ0n) is 14.7. The lowest BCUT2D eigenvalue weighted by Gasteiger charge is -2.26. The Balaban J connectivity index is 1.45. The number of aromatic nitrogens is 2. The van der Waals surface area contributed by atoms with E-state index >= 15 is 0 Å². The molecule has 25 heavy (non-hydrogen) atoms. The lowest BCUT2D eigenvalue weighted by Crippen LogP contribution is -2.32. The van der Waals surface area contributed by atoms with Gasteiger partial charge in [-0.25, -0.2) is 0 Å². The zero-order valence-corrected chi connectivity index (χ0v) is 16.3. The smallest absolute Gasteiger partial charge is 0.237 e. The number of rotatable bonds is 8. The first-order chi connectivity index (χ1) is 12.3. The van der Waals surface area contributed by atoms with Crippen LogP contribution in [-0.2, 0) is 9.53 Å². The summed E-state index contributed by atoms with van der Waals surface area (Å²) in [4.78, 5) is 14.5. The molecule has 0 aromatic carbocycles. The van der Waals surface area contributed by atoms with Gasteiger partial charge >= 0.3 is 0 Å². The van der Waals surface area contributed by atoms with Crippen molar-refractivity contribution < 1.29 is 9.53 Å². The average molecular weight is 383 g/mol. The molecule has 1 fully saturated rings. The normalized spacial score (nSPS) is 20.4. The Morgan fingerprint density at radius 3 is 3.08 bits per heavy atom. The summed E-state index contributed by atoms with van der Waals surface area (Å²) in [6.45, 7) is 4.40. The zero-order chi connectivity index (χ0) is 17.5. The molecule has 1 N–H and O–H groups in total. The molecule has 1 saturated heterocycles. The number of ether oxygens (including phenoxy) is 1. The van der Waals surface area contributed by atoms with Crippen molar-refractivity contribution in [2.45, 2.75) is 55.9 Å². The van der Waals surface area contributed by atoms with Crippen molar-refractivity contribution in [1.29, 1.82) is 0 Å². The summed E-state index contributed by atoms with van der Waals surface area (Å²) < 4.78 is 6.42. The summed E-state index contributed by atoms with van der Waals surface area (Å²) >= 11 is 2.97. The van der Waals surface area contributed by atoms with Crippen molar-refractivity contribution in [3.05, 3.63) is 11.8 Å². The lowest BCUT2D eigenvalue weighted by molar-refractivity contribution is -0.126. The number of carbonyl (C=O) groups excluding carboxylic acids is 1. The molecule has 3 rings (SSSR count). The molecule has 1 amide bonds. The number of anilines is 1. The molecule has 1 atom stereocenters. The third-order valence-corrected chi connectivity index (χ3v) is 6.46. The second-order valence-electron chi connectivity index (χ2n) is 6.26. The molecule has 2 aliphatic rings. The van der Waals surface area contributed by atoms with Gasteiger partial charge in [-0.1, -0.05) is 29.2 Å². The van der Waals surface area contributed by atoms with Crippen LogP contribution in [0.2, 0.25) is 0 Å². The summed E-state index contributed by atoms with van der Waals surface area (Å²) in [5.41, 5.74) is 1.19. The Hall–Kier alpha value is -1.12. The summed E-state index contributed by atoms with van der Waals surface area (Å²) in [6, 6.07) is 0. The van der Waals surface area contributed by atoms with Gasteiger partial charge in [0.15, 0.2) is 4.34 Å². The molecule has 0 spiro atoms. The Morgan fingerprint density at radius 1 is 1.44 bits per heavy atom. The Morgan fingerprint density at radius 2 is 2.36 bits per heavy atom. The molecule has 8 heteroatoms. The van der Waals surface area contributed by atoms with Gasteiger partial charge in [0.05, 0.1) is 11.9 Å². The van der Waals surface area contributed by atoms with E-state index in [2.05, 4.69) is 21.6 Å². The number of nitrogens with zero attached hydrogens (tertiary/aromatic N) is 3. The quantitative estimate of drug-likeness (QED) is 0.694. The van der Waals surface area contributed by atoms with Gasteiger partial charge in [0.2, 0.25) is 11.0 Å². The van der Waals surface area contributed by atoms with Gasteiger partial charge in [-0.05, 0) is 45.4 Å². The van der Waals surface area contributed by atoms with E-state index in [4.69, 9.17) is 4.74 Å². The maximum Gasteiger partial charge on any atom is 0.237 e. The van der Waals surface area contributed by atoms with Gasteiger partial charge in [0.1, 0.15) is 0 Å². The number of hydrogen-bond acceptors (Lipinski definition) is 7. The van der Waals surface area contributed by atoms with Crippen molar-refractivity contribution in [3.8, 4) is 0 Å². The number of amides is 1. The predicted molar refractivity (Wildman–Crippen MR) is 102 cm³/mol. The average Bonchev–Trinajstić information content (AvgIpc) is 3.31. The fourth-order valence-electron chi connectivity index (χ4n) is 3.15. The number of allylic oxidation sites excluding steroid dienone is 2. The minimum absolute atomic E-state index is 0.157. The Kier molecular flexibility index (Phi) is 7.12. The Bertz CT molecular complexity index is 599. The molecule has 138 valence electrons. The van der Waals surface area contributed by atoms with E-state index in [1.165, 1.54) is 41.6 Å². The largest absolute Gasteiger partial charge is 0.376 e. The first-order valence-electron chi connectivity index (χ1n) is 9.07. The van der Waals surface area contributed by atoms with Gasteiger partial charge in [-0.2, -0.15) is 0 Å². The predicted octanol–water partition coefficient (Wildman–Crippen LogP) is 3.53. The highest BCUT2D eigenvalue weighted by Gasteiger charge is 2.19. The SMILES string of the molecule is CCN(C(=O)CSc1nnc(NCC2CCCO2)s1)C1=CCCCC1. The highest BCUT2D eigenvalue weighted by Crippen LogP contribution is 2.27. The third-order valence-electron chi connectivity index (χ3n) is 4.46. The van der Waals surface area contributed by atoms with Crippen LogP contribution < -0.4 is 5.32 Å². The molecule has 1 unspecified atom stereocenters. The molecule has 0 saturated carbocycles. The highest BCUT2D eigenvalue weighted by molar-refractivity contribution is 8.01. The molecular weight excluding hydrogens is 356 g/mol. The van der Waals surface area contributed by atoms with Gasteiger partial charge in [-0.15, -0.1) is 10.2 Å². The highest BCUT2D eigenvalue weighted by atomic mass is 32.2. The molecule has 6 nitrogen and oxygen atoms in total. The minimum Gasteiger partial charge on any atom is -0.376 e. The first kappa shape index (κ1) is 18.7. The maximum absolute atomic E-state index is 12.5. The van der Waals surface area contributed by atoms with Crippen LogP contribution >= 0.6 is 23.1 Å². The monoisotopic (exact) mass is 382 g/mol. The minimum atomic E-state index is 0.157. The van der Waals surface area contributed by atoms with E-state index in [-0.39, 0.29) is 12.0 Å². The summed E-state index contributed by atoms with van der Waals surface area (Å²) in [6.07, 6.45) is 9.25. The van der Waals surface area contributed by atoms with Crippen molar-refractivity contribution >= 4 is 34.1 Å². The molecule has 1 aliphatic heterocycles. The van der Waals surface area contributed by atoms with Crippen LogP contribution in [0.1, 0.15) is 45.4 Å². The third kappa shape index (κ3) is 5.43. The van der Waals surface area contributed by atoms with Crippen molar-refractivity contribution in [3.63, 3.8) is 0 Å². The fourth-order valence-corrected chi connectivity index (χ4v) is 4.79. The molecule has 1 aromatic heterocycles. The molecule has 1 aromatic rings. The molecule has 2 heterocycles. The first-order valence-corrected chi connectivity index (χ1v) is 10.9. The number of nitrogens with one attached hydrogen (secondary N) is 1. The standard InChI is InChI=1S/C17H26N4O2S2/c1-2-21(13-7-4-3-5-8-13)15(22)12-24-17-20-19-16(25-17)18-11-14-9-6-10-23-14/h7,14H,2-6,8-12H2,1H3,(H,18,19). The lowest BCUT2D eigenvalue weighted by atomic mass is 10.0. The van der Waals surface area contributed by atoms with Crippen LogP contribution in [0, 0.1) is 0 Å². The van der Waals surface area contributed by atoms with Crippen LogP contribution in [0.3, 0.4) is 0 Å². The van der Waals surface area contributed by atoms with E-state index in [0.29, 0.717) is 5.75 Å². The van der Waals surface area contributed by atoms with Gasteiger partial charge in [0.25, 0.3) is 0 Å². The van der Waals surface area contributed by atoms with Gasteiger partial charge in [0, 0.05) is 25.4 Å². The van der Waals surface area contributed by atoms with E-state index < -0.39 is 0 Å².